The maximum Gasteiger partial charge on any atom is 0.288 e. The van der Waals surface area contributed by atoms with Gasteiger partial charge in [0.25, 0.3) is 11.6 Å². The van der Waals surface area contributed by atoms with E-state index in [1.165, 1.54) is 11.0 Å². The van der Waals surface area contributed by atoms with Gasteiger partial charge in [0.05, 0.1) is 10.5 Å². The molecule has 7 nitrogen and oxygen atoms in total. The molecule has 1 N–H and O–H groups in total. The molecule has 0 unspecified atom stereocenters. The molecule has 0 radical (unpaired) electrons. The quantitative estimate of drug-likeness (QED) is 0.638. The van der Waals surface area contributed by atoms with E-state index >= 15 is 0 Å². The van der Waals surface area contributed by atoms with Crippen molar-refractivity contribution >= 4 is 17.4 Å². The van der Waals surface area contributed by atoms with E-state index in [1.807, 2.05) is 20.8 Å². The number of nitrogens with zero attached hydrogens (tertiary/aromatic N) is 3. The van der Waals surface area contributed by atoms with Gasteiger partial charge in [-0.1, -0.05) is 6.92 Å². The molecular weight excluding hydrogens is 260 g/mol. The van der Waals surface area contributed by atoms with E-state index in [2.05, 4.69) is 10.3 Å². The molecule has 0 fully saturated rings. The highest BCUT2D eigenvalue weighted by molar-refractivity contribution is 5.99. The van der Waals surface area contributed by atoms with E-state index in [9.17, 15) is 14.9 Å². The van der Waals surface area contributed by atoms with Crippen LogP contribution in [-0.4, -0.2) is 40.3 Å². The third-order valence-electron chi connectivity index (χ3n) is 2.95. The Morgan fingerprint density at radius 2 is 2.20 bits per heavy atom. The highest BCUT2D eigenvalue weighted by Gasteiger charge is 2.22. The van der Waals surface area contributed by atoms with E-state index in [1.54, 1.807) is 7.05 Å². The molecule has 1 aromatic heterocycles. The molecular formula is C13H20N4O3. The molecule has 0 saturated carbocycles. The Hall–Kier alpha value is -2.18. The number of carbonyl (C=O) groups excluding carboxylic acids is 1. The second-order valence-corrected chi connectivity index (χ2v) is 4.78. The van der Waals surface area contributed by atoms with Crippen molar-refractivity contribution in [2.45, 2.75) is 33.2 Å². The number of hydrogen-bond donors (Lipinski definition) is 1. The third kappa shape index (κ3) is 3.66. The largest absolute Gasteiger partial charge is 0.369 e. The van der Waals surface area contributed by atoms with E-state index in [0.717, 1.165) is 12.6 Å². The van der Waals surface area contributed by atoms with Crippen LogP contribution < -0.4 is 5.32 Å². The minimum Gasteiger partial charge on any atom is -0.369 e. The summed E-state index contributed by atoms with van der Waals surface area (Å²) in [6, 6.07) is 1.27. The molecule has 0 atom stereocenters. The van der Waals surface area contributed by atoms with Crippen LogP contribution in [0.15, 0.2) is 12.3 Å². The standard InChI is InChI=1S/C13H20N4O3/c1-5-6-14-12-11(13(18)16(4)9(2)3)7-10(8-15-12)17(19)20/h7-9H,5-6H2,1-4H3,(H,14,15). The Bertz CT molecular complexity index is 502. The monoisotopic (exact) mass is 280 g/mol. The van der Waals surface area contributed by atoms with Gasteiger partial charge in [-0.2, -0.15) is 0 Å². The predicted molar refractivity (Wildman–Crippen MR) is 76.9 cm³/mol. The minimum absolute atomic E-state index is 0.000729. The van der Waals surface area contributed by atoms with Gasteiger partial charge in [-0.3, -0.25) is 14.9 Å². The van der Waals surface area contributed by atoms with E-state index in [-0.39, 0.29) is 23.2 Å². The smallest absolute Gasteiger partial charge is 0.288 e. The summed E-state index contributed by atoms with van der Waals surface area (Å²) in [7, 11) is 1.66. The average Bonchev–Trinajstić information content (AvgIpc) is 2.42. The molecule has 0 spiro atoms. The zero-order valence-corrected chi connectivity index (χ0v) is 12.2. The Balaban J connectivity index is 3.19. The van der Waals surface area contributed by atoms with Crippen molar-refractivity contribution in [3.63, 3.8) is 0 Å². The van der Waals surface area contributed by atoms with Gasteiger partial charge in [0.2, 0.25) is 0 Å². The molecule has 7 heteroatoms. The number of hydrogen-bond acceptors (Lipinski definition) is 5. The molecule has 0 saturated heterocycles. The lowest BCUT2D eigenvalue weighted by Gasteiger charge is -2.22. The van der Waals surface area contributed by atoms with Gasteiger partial charge in [-0.25, -0.2) is 4.98 Å². The van der Waals surface area contributed by atoms with E-state index in [0.29, 0.717) is 12.4 Å². The van der Waals surface area contributed by atoms with Crippen molar-refractivity contribution in [1.29, 1.82) is 0 Å². The fourth-order valence-electron chi connectivity index (χ4n) is 1.53. The molecule has 1 heterocycles. The lowest BCUT2D eigenvalue weighted by Crippen LogP contribution is -2.33. The zero-order chi connectivity index (χ0) is 15.3. The van der Waals surface area contributed by atoms with Crippen LogP contribution in [0.2, 0.25) is 0 Å². The number of amides is 1. The van der Waals surface area contributed by atoms with Gasteiger partial charge in [-0.05, 0) is 20.3 Å². The minimum atomic E-state index is -0.553. The first kappa shape index (κ1) is 15.9. The maximum absolute atomic E-state index is 12.4. The average molecular weight is 280 g/mol. The van der Waals surface area contributed by atoms with E-state index < -0.39 is 4.92 Å². The summed E-state index contributed by atoms with van der Waals surface area (Å²) in [4.78, 5) is 28.2. The predicted octanol–water partition coefficient (Wildman–Crippen LogP) is 2.29. The second-order valence-electron chi connectivity index (χ2n) is 4.78. The van der Waals surface area contributed by atoms with Crippen molar-refractivity contribution in [1.82, 2.24) is 9.88 Å². The number of nitrogens with one attached hydrogen (secondary N) is 1. The summed E-state index contributed by atoms with van der Waals surface area (Å²) in [6.45, 7) is 6.39. The number of anilines is 1. The molecule has 1 rings (SSSR count). The normalized spacial score (nSPS) is 10.4. The molecule has 0 aliphatic heterocycles. The van der Waals surface area contributed by atoms with Gasteiger partial charge < -0.3 is 10.2 Å². The molecule has 0 aliphatic rings. The van der Waals surface area contributed by atoms with Crippen LogP contribution in [0.4, 0.5) is 11.5 Å². The lowest BCUT2D eigenvalue weighted by atomic mass is 10.2. The maximum atomic E-state index is 12.4. The van der Waals surface area contributed by atoms with Crippen molar-refractivity contribution < 1.29 is 9.72 Å². The summed E-state index contributed by atoms with van der Waals surface area (Å²) < 4.78 is 0. The molecule has 110 valence electrons. The molecule has 20 heavy (non-hydrogen) atoms. The summed E-state index contributed by atoms with van der Waals surface area (Å²) in [5.41, 5.74) is 0.0383. The van der Waals surface area contributed by atoms with Gasteiger partial charge >= 0.3 is 0 Å². The van der Waals surface area contributed by atoms with Gasteiger partial charge in [-0.15, -0.1) is 0 Å². The van der Waals surface area contributed by atoms with Crippen molar-refractivity contribution in [2.24, 2.45) is 0 Å². The highest BCUT2D eigenvalue weighted by atomic mass is 16.6. The summed E-state index contributed by atoms with van der Waals surface area (Å²) in [5.74, 6) is 0.102. The Kier molecular flexibility index (Phi) is 5.42. The van der Waals surface area contributed by atoms with Crippen LogP contribution in [0.3, 0.4) is 0 Å². The number of rotatable bonds is 6. The molecule has 1 amide bonds. The molecule has 0 aromatic carbocycles. The first-order valence-corrected chi connectivity index (χ1v) is 6.54. The van der Waals surface area contributed by atoms with Crippen LogP contribution in [0, 0.1) is 10.1 Å². The SMILES string of the molecule is CCCNc1ncc([N+](=O)[O-])cc1C(=O)N(C)C(C)C. The van der Waals surface area contributed by atoms with Crippen LogP contribution in [0.5, 0.6) is 0 Å². The Labute approximate surface area is 118 Å². The van der Waals surface area contributed by atoms with Crippen LogP contribution in [-0.2, 0) is 0 Å². The first-order valence-electron chi connectivity index (χ1n) is 6.54. The fraction of sp³-hybridized carbons (Fsp3) is 0.538. The highest BCUT2D eigenvalue weighted by Crippen LogP contribution is 2.21. The first-order chi connectivity index (χ1) is 9.38. The second kappa shape index (κ2) is 6.83. The summed E-state index contributed by atoms with van der Waals surface area (Å²) in [5, 5.41) is 13.8. The lowest BCUT2D eigenvalue weighted by molar-refractivity contribution is -0.385. The van der Waals surface area contributed by atoms with Crippen molar-refractivity contribution in [2.75, 3.05) is 18.9 Å². The fourth-order valence-corrected chi connectivity index (χ4v) is 1.53. The van der Waals surface area contributed by atoms with Gasteiger partial charge in [0, 0.05) is 25.7 Å². The molecule has 1 aromatic rings. The summed E-state index contributed by atoms with van der Waals surface area (Å²) >= 11 is 0. The number of aromatic nitrogens is 1. The Morgan fingerprint density at radius 1 is 1.55 bits per heavy atom. The number of carbonyl (C=O) groups is 1. The molecule has 0 aliphatic carbocycles. The van der Waals surface area contributed by atoms with Crippen LogP contribution in [0.1, 0.15) is 37.6 Å². The molecule has 0 bridgehead atoms. The van der Waals surface area contributed by atoms with Crippen LogP contribution in [0.25, 0.3) is 0 Å². The van der Waals surface area contributed by atoms with Crippen molar-refractivity contribution in [3.8, 4) is 0 Å². The van der Waals surface area contributed by atoms with E-state index in [4.69, 9.17) is 0 Å². The third-order valence-corrected chi connectivity index (χ3v) is 2.95. The van der Waals surface area contributed by atoms with Gasteiger partial charge in [0.1, 0.15) is 12.0 Å². The number of nitro groups is 1. The summed E-state index contributed by atoms with van der Waals surface area (Å²) in [6.07, 6.45) is 2.02. The number of pyridine rings is 1. The van der Waals surface area contributed by atoms with Crippen molar-refractivity contribution in [3.05, 3.63) is 27.9 Å². The van der Waals surface area contributed by atoms with Gasteiger partial charge in [0.15, 0.2) is 0 Å². The topological polar surface area (TPSA) is 88.4 Å². The van der Waals surface area contributed by atoms with Crippen LogP contribution >= 0.6 is 0 Å². The zero-order valence-electron chi connectivity index (χ0n) is 12.2. The Morgan fingerprint density at radius 3 is 2.70 bits per heavy atom.